The Labute approximate surface area is 100 Å². The van der Waals surface area contributed by atoms with Crippen molar-refractivity contribution in [2.75, 3.05) is 5.32 Å². The fourth-order valence-corrected chi connectivity index (χ4v) is 2.31. The molecule has 0 bridgehead atoms. The summed E-state index contributed by atoms with van der Waals surface area (Å²) in [4.78, 5) is 4.28. The maximum absolute atomic E-state index is 13.0. The zero-order valence-electron chi connectivity index (χ0n) is 8.68. The molecule has 0 aliphatic rings. The number of anilines is 1. The average Bonchev–Trinajstić information content (AvgIpc) is 2.94. The monoisotopic (exact) mass is 249 g/mol. The molecule has 0 atom stereocenters. The number of rotatable bonds is 3. The maximum Gasteiger partial charge on any atom is 0.184 e. The minimum absolute atomic E-state index is 0.274. The van der Waals surface area contributed by atoms with Crippen molar-refractivity contribution in [2.45, 2.75) is 6.54 Å². The lowest BCUT2D eigenvalue weighted by atomic mass is 10.3. The van der Waals surface area contributed by atoms with Crippen molar-refractivity contribution in [2.24, 2.45) is 0 Å². The normalized spacial score (nSPS) is 10.9. The molecule has 0 aliphatic carbocycles. The lowest BCUT2D eigenvalue weighted by molar-refractivity contribution is 0.388. The summed E-state index contributed by atoms with van der Waals surface area (Å²) in [6.07, 6.45) is 1.59. The van der Waals surface area contributed by atoms with Crippen LogP contribution in [0.15, 0.2) is 35.0 Å². The third kappa shape index (κ3) is 2.12. The third-order valence-corrected chi connectivity index (χ3v) is 3.25. The molecule has 0 saturated carbocycles. The molecule has 0 radical (unpaired) electrons. The van der Waals surface area contributed by atoms with Gasteiger partial charge < -0.3 is 9.84 Å². The van der Waals surface area contributed by atoms with E-state index in [4.69, 9.17) is 4.52 Å². The maximum atomic E-state index is 13.0. The van der Waals surface area contributed by atoms with Crippen LogP contribution in [-0.2, 0) is 6.54 Å². The van der Waals surface area contributed by atoms with Crippen molar-refractivity contribution >= 4 is 26.7 Å². The molecule has 1 N–H and O–H groups in total. The Hall–Kier alpha value is -1.95. The molecule has 86 valence electrons. The molecule has 2 aromatic heterocycles. The zero-order valence-corrected chi connectivity index (χ0v) is 9.50. The van der Waals surface area contributed by atoms with Gasteiger partial charge in [-0.25, -0.2) is 9.37 Å². The molecule has 0 fully saturated rings. The van der Waals surface area contributed by atoms with Gasteiger partial charge in [0.25, 0.3) is 0 Å². The topological polar surface area (TPSA) is 51.0 Å². The van der Waals surface area contributed by atoms with Gasteiger partial charge >= 0.3 is 0 Å². The summed E-state index contributed by atoms with van der Waals surface area (Å²) >= 11 is 1.48. The van der Waals surface area contributed by atoms with Crippen molar-refractivity contribution in [3.05, 3.63) is 42.0 Å². The minimum atomic E-state index is -0.274. The first-order valence-electron chi connectivity index (χ1n) is 5.01. The Morgan fingerprint density at radius 1 is 1.35 bits per heavy atom. The first-order valence-corrected chi connectivity index (χ1v) is 5.82. The Morgan fingerprint density at radius 2 is 2.29 bits per heavy atom. The van der Waals surface area contributed by atoms with Gasteiger partial charge in [-0.3, -0.25) is 0 Å². The highest BCUT2D eigenvalue weighted by Gasteiger charge is 2.05. The van der Waals surface area contributed by atoms with Crippen molar-refractivity contribution in [3.63, 3.8) is 0 Å². The summed E-state index contributed by atoms with van der Waals surface area (Å²) in [5, 5.41) is 7.45. The standard InChI is InChI=1S/C11H8FN3OS/c12-7-1-2-10-9(5-7)15-11(17-10)13-6-8-3-4-14-16-8/h1-5H,6H2,(H,13,15). The van der Waals surface area contributed by atoms with Crippen LogP contribution in [0.1, 0.15) is 5.76 Å². The Kier molecular flexibility index (Phi) is 2.49. The van der Waals surface area contributed by atoms with Gasteiger partial charge in [-0.05, 0) is 12.1 Å². The Bertz CT molecular complexity index is 635. The van der Waals surface area contributed by atoms with Gasteiger partial charge in [-0.15, -0.1) is 0 Å². The van der Waals surface area contributed by atoms with Crippen LogP contribution >= 0.6 is 11.3 Å². The van der Waals surface area contributed by atoms with Crippen LogP contribution in [0.25, 0.3) is 10.2 Å². The van der Waals surface area contributed by atoms with Crippen LogP contribution in [0.4, 0.5) is 9.52 Å². The molecular weight excluding hydrogens is 241 g/mol. The van der Waals surface area contributed by atoms with Crippen LogP contribution in [-0.4, -0.2) is 10.1 Å². The molecule has 0 spiro atoms. The number of nitrogens with zero attached hydrogens (tertiary/aromatic N) is 2. The second-order valence-corrected chi connectivity index (χ2v) is 4.49. The van der Waals surface area contributed by atoms with Crippen LogP contribution in [0, 0.1) is 5.82 Å². The van der Waals surface area contributed by atoms with Crippen molar-refractivity contribution in [1.29, 1.82) is 0 Å². The molecular formula is C11H8FN3OS. The van der Waals surface area contributed by atoms with Crippen molar-refractivity contribution in [1.82, 2.24) is 10.1 Å². The number of nitrogens with one attached hydrogen (secondary N) is 1. The van der Waals surface area contributed by atoms with E-state index < -0.39 is 0 Å². The second-order valence-electron chi connectivity index (χ2n) is 3.46. The molecule has 0 aliphatic heterocycles. The van der Waals surface area contributed by atoms with Crippen LogP contribution in [0.3, 0.4) is 0 Å². The first-order chi connectivity index (χ1) is 8.31. The summed E-state index contributed by atoms with van der Waals surface area (Å²) in [5.74, 6) is 0.458. The molecule has 17 heavy (non-hydrogen) atoms. The fraction of sp³-hybridized carbons (Fsp3) is 0.0909. The molecule has 3 aromatic rings. The second kappa shape index (κ2) is 4.14. The molecule has 1 aromatic carbocycles. The van der Waals surface area contributed by atoms with Gasteiger partial charge in [0.15, 0.2) is 10.9 Å². The highest BCUT2D eigenvalue weighted by Crippen LogP contribution is 2.26. The lowest BCUT2D eigenvalue weighted by Crippen LogP contribution is -1.96. The predicted octanol–water partition coefficient (Wildman–Crippen LogP) is 3.04. The molecule has 4 nitrogen and oxygen atoms in total. The van der Waals surface area contributed by atoms with E-state index in [9.17, 15) is 4.39 Å². The van der Waals surface area contributed by atoms with E-state index in [0.717, 1.165) is 15.6 Å². The first kappa shape index (κ1) is 10.2. The number of benzene rings is 1. The number of hydrogen-bond acceptors (Lipinski definition) is 5. The smallest absolute Gasteiger partial charge is 0.184 e. The number of hydrogen-bond donors (Lipinski definition) is 1. The molecule has 6 heteroatoms. The highest BCUT2D eigenvalue weighted by molar-refractivity contribution is 7.22. The van der Waals surface area contributed by atoms with Gasteiger partial charge in [0.2, 0.25) is 0 Å². The third-order valence-electron chi connectivity index (χ3n) is 2.25. The van der Waals surface area contributed by atoms with E-state index in [1.807, 2.05) is 0 Å². The van der Waals surface area contributed by atoms with Gasteiger partial charge in [-0.1, -0.05) is 16.5 Å². The molecule has 0 amide bonds. The molecule has 0 saturated heterocycles. The lowest BCUT2D eigenvalue weighted by Gasteiger charge is -1.96. The summed E-state index contributed by atoms with van der Waals surface area (Å²) in [7, 11) is 0. The molecule has 3 rings (SSSR count). The van der Waals surface area contributed by atoms with Crippen molar-refractivity contribution in [3.8, 4) is 0 Å². The number of aromatic nitrogens is 2. The summed E-state index contributed by atoms with van der Waals surface area (Å²) in [5.41, 5.74) is 0.662. The Morgan fingerprint density at radius 3 is 3.12 bits per heavy atom. The predicted molar refractivity (Wildman–Crippen MR) is 63.4 cm³/mol. The summed E-state index contributed by atoms with van der Waals surface area (Å²) in [6, 6.07) is 6.36. The zero-order chi connectivity index (χ0) is 11.7. The molecule has 2 heterocycles. The number of fused-ring (bicyclic) bond motifs is 1. The summed E-state index contributed by atoms with van der Waals surface area (Å²) in [6.45, 7) is 0.516. The molecule has 0 unspecified atom stereocenters. The van der Waals surface area contributed by atoms with Crippen molar-refractivity contribution < 1.29 is 8.91 Å². The van der Waals surface area contributed by atoms with E-state index in [1.54, 1.807) is 18.3 Å². The highest BCUT2D eigenvalue weighted by atomic mass is 32.1. The van der Waals surface area contributed by atoms with Crippen LogP contribution in [0.5, 0.6) is 0 Å². The van der Waals surface area contributed by atoms with E-state index in [-0.39, 0.29) is 5.82 Å². The number of thiazole rings is 1. The fourth-order valence-electron chi connectivity index (χ4n) is 1.47. The minimum Gasteiger partial charge on any atom is -0.360 e. The van der Waals surface area contributed by atoms with E-state index >= 15 is 0 Å². The number of halogens is 1. The van der Waals surface area contributed by atoms with E-state index in [0.29, 0.717) is 12.1 Å². The van der Waals surface area contributed by atoms with Gasteiger partial charge in [0.1, 0.15) is 5.82 Å². The van der Waals surface area contributed by atoms with Crippen LogP contribution in [0.2, 0.25) is 0 Å². The van der Waals surface area contributed by atoms with Gasteiger partial charge in [0.05, 0.1) is 23.0 Å². The SMILES string of the molecule is Fc1ccc2sc(NCc3ccno3)nc2c1. The largest absolute Gasteiger partial charge is 0.360 e. The van der Waals surface area contributed by atoms with E-state index in [1.165, 1.54) is 23.5 Å². The summed E-state index contributed by atoms with van der Waals surface area (Å²) < 4.78 is 18.9. The van der Waals surface area contributed by atoms with Gasteiger partial charge in [-0.2, -0.15) is 0 Å². The quantitative estimate of drug-likeness (QED) is 0.775. The van der Waals surface area contributed by atoms with Crippen LogP contribution < -0.4 is 5.32 Å². The van der Waals surface area contributed by atoms with Gasteiger partial charge in [0, 0.05) is 12.1 Å². The average molecular weight is 249 g/mol. The Balaban J connectivity index is 1.81. The van der Waals surface area contributed by atoms with E-state index in [2.05, 4.69) is 15.5 Å².